The molecule has 2 aliphatic heterocycles. The largest absolute Gasteiger partial charge is 0.447 e. The van der Waals surface area contributed by atoms with Crippen molar-refractivity contribution in [3.05, 3.63) is 35.9 Å². The molecule has 3 rings (SSSR count). The summed E-state index contributed by atoms with van der Waals surface area (Å²) in [5, 5.41) is 0. The summed E-state index contributed by atoms with van der Waals surface area (Å²) in [4.78, 5) is 30.7. The van der Waals surface area contributed by atoms with Crippen LogP contribution in [0.3, 0.4) is 0 Å². The van der Waals surface area contributed by atoms with Crippen LogP contribution in [0.2, 0.25) is 0 Å². The number of imide groups is 1. The van der Waals surface area contributed by atoms with E-state index in [0.717, 1.165) is 10.5 Å². The minimum atomic E-state index is -0.723. The third-order valence-electron chi connectivity index (χ3n) is 4.25. The molecule has 2 fully saturated rings. The summed E-state index contributed by atoms with van der Waals surface area (Å²) in [7, 11) is 0. The highest BCUT2D eigenvalue weighted by atomic mass is 16.7. The second kappa shape index (κ2) is 8.13. The molecule has 142 valence electrons. The zero-order valence-electron chi connectivity index (χ0n) is 15.0. The molecule has 2 amide bonds. The van der Waals surface area contributed by atoms with Crippen LogP contribution < -0.4 is 5.48 Å². The van der Waals surface area contributed by atoms with Crippen molar-refractivity contribution in [1.82, 2.24) is 10.4 Å². The SMILES string of the molecule is CC1(C)OC[C@H]([C@@H](CC(=O)N2CCOC2=O)NOCc2ccccc2)O1. The van der Waals surface area contributed by atoms with E-state index in [0.29, 0.717) is 13.2 Å². The average molecular weight is 364 g/mol. The third kappa shape index (κ3) is 4.79. The van der Waals surface area contributed by atoms with Gasteiger partial charge < -0.3 is 14.2 Å². The Hall–Kier alpha value is -2.00. The minimum Gasteiger partial charge on any atom is -0.447 e. The molecule has 1 aromatic rings. The normalized spacial score (nSPS) is 23.1. The number of benzene rings is 1. The van der Waals surface area contributed by atoms with E-state index in [-0.39, 0.29) is 31.6 Å². The van der Waals surface area contributed by atoms with Crippen molar-refractivity contribution in [3.8, 4) is 0 Å². The lowest BCUT2D eigenvalue weighted by atomic mass is 10.1. The average Bonchev–Trinajstić information content (AvgIpc) is 3.20. The fraction of sp³-hybridized carbons (Fsp3) is 0.556. The summed E-state index contributed by atoms with van der Waals surface area (Å²) < 4.78 is 16.3. The van der Waals surface area contributed by atoms with Crippen LogP contribution in [0.5, 0.6) is 0 Å². The van der Waals surface area contributed by atoms with E-state index in [1.165, 1.54) is 0 Å². The zero-order valence-corrected chi connectivity index (χ0v) is 15.0. The lowest BCUT2D eigenvalue weighted by Crippen LogP contribution is -2.46. The van der Waals surface area contributed by atoms with E-state index in [9.17, 15) is 9.59 Å². The molecule has 2 aliphatic rings. The second-order valence-corrected chi connectivity index (χ2v) is 6.73. The van der Waals surface area contributed by atoms with Crippen molar-refractivity contribution in [2.75, 3.05) is 19.8 Å². The lowest BCUT2D eigenvalue weighted by molar-refractivity contribution is -0.152. The van der Waals surface area contributed by atoms with Gasteiger partial charge in [-0.25, -0.2) is 9.69 Å². The molecule has 2 saturated heterocycles. The Morgan fingerprint density at radius 1 is 1.38 bits per heavy atom. The van der Waals surface area contributed by atoms with Crippen LogP contribution in [0.25, 0.3) is 0 Å². The number of carbonyl (C=O) groups excluding carboxylic acids is 2. The number of hydrogen-bond donors (Lipinski definition) is 1. The maximum absolute atomic E-state index is 12.5. The van der Waals surface area contributed by atoms with Crippen LogP contribution in [0.15, 0.2) is 30.3 Å². The Kier molecular flexibility index (Phi) is 5.87. The van der Waals surface area contributed by atoms with E-state index < -0.39 is 17.9 Å². The van der Waals surface area contributed by atoms with Gasteiger partial charge in [-0.2, -0.15) is 5.48 Å². The number of nitrogens with one attached hydrogen (secondary N) is 1. The van der Waals surface area contributed by atoms with E-state index in [4.69, 9.17) is 19.0 Å². The van der Waals surface area contributed by atoms with Crippen LogP contribution in [-0.2, 0) is 30.4 Å². The van der Waals surface area contributed by atoms with Gasteiger partial charge in [0.05, 0.1) is 25.8 Å². The maximum atomic E-state index is 12.5. The zero-order chi connectivity index (χ0) is 18.6. The Bertz CT molecular complexity index is 636. The highest BCUT2D eigenvalue weighted by Gasteiger charge is 2.40. The third-order valence-corrected chi connectivity index (χ3v) is 4.25. The molecule has 0 bridgehead atoms. The van der Waals surface area contributed by atoms with E-state index >= 15 is 0 Å². The van der Waals surface area contributed by atoms with Gasteiger partial charge in [0, 0.05) is 6.42 Å². The van der Waals surface area contributed by atoms with E-state index in [1.54, 1.807) is 0 Å². The van der Waals surface area contributed by atoms with Crippen LogP contribution >= 0.6 is 0 Å². The quantitative estimate of drug-likeness (QED) is 0.736. The predicted molar refractivity (Wildman–Crippen MR) is 90.7 cm³/mol. The molecule has 0 aliphatic carbocycles. The molecule has 0 aromatic heterocycles. The molecular weight excluding hydrogens is 340 g/mol. The Balaban J connectivity index is 1.59. The fourth-order valence-electron chi connectivity index (χ4n) is 2.89. The first kappa shape index (κ1) is 18.8. The van der Waals surface area contributed by atoms with Crippen molar-refractivity contribution < 1.29 is 28.6 Å². The monoisotopic (exact) mass is 364 g/mol. The van der Waals surface area contributed by atoms with Crippen molar-refractivity contribution in [3.63, 3.8) is 0 Å². The Labute approximate surface area is 152 Å². The van der Waals surface area contributed by atoms with E-state index in [2.05, 4.69) is 5.48 Å². The highest BCUT2D eigenvalue weighted by molar-refractivity contribution is 5.93. The smallest absolute Gasteiger partial charge is 0.416 e. The summed E-state index contributed by atoms with van der Waals surface area (Å²) in [6, 6.07) is 9.21. The number of ether oxygens (including phenoxy) is 3. The molecule has 8 heteroatoms. The molecule has 0 unspecified atom stereocenters. The summed E-state index contributed by atoms with van der Waals surface area (Å²) in [6.07, 6.45) is -0.945. The van der Waals surface area contributed by atoms with E-state index in [1.807, 2.05) is 44.2 Å². The predicted octanol–water partition coefficient (Wildman–Crippen LogP) is 1.60. The van der Waals surface area contributed by atoms with Crippen LogP contribution in [-0.4, -0.2) is 54.6 Å². The summed E-state index contributed by atoms with van der Waals surface area (Å²) in [5.74, 6) is -1.05. The lowest BCUT2D eigenvalue weighted by Gasteiger charge is -2.25. The topological polar surface area (TPSA) is 86.3 Å². The molecular formula is C18H24N2O6. The molecule has 26 heavy (non-hydrogen) atoms. The number of rotatable bonds is 7. The number of amides is 2. The van der Waals surface area contributed by atoms with Crippen LogP contribution in [0.1, 0.15) is 25.8 Å². The van der Waals surface area contributed by atoms with Gasteiger partial charge in [0.25, 0.3) is 0 Å². The van der Waals surface area contributed by atoms with Gasteiger partial charge in [0.1, 0.15) is 12.7 Å². The Morgan fingerprint density at radius 2 is 2.15 bits per heavy atom. The van der Waals surface area contributed by atoms with Crippen molar-refractivity contribution in [2.45, 2.75) is 44.8 Å². The molecule has 0 spiro atoms. The molecule has 2 atom stereocenters. The summed E-state index contributed by atoms with van der Waals surface area (Å²) in [6.45, 7) is 4.79. The number of hydroxylamine groups is 1. The summed E-state index contributed by atoms with van der Waals surface area (Å²) >= 11 is 0. The van der Waals surface area contributed by atoms with Gasteiger partial charge in [-0.15, -0.1) is 0 Å². The molecule has 1 aromatic carbocycles. The first-order valence-electron chi connectivity index (χ1n) is 8.65. The van der Waals surface area contributed by atoms with Crippen molar-refractivity contribution >= 4 is 12.0 Å². The number of hydrogen-bond acceptors (Lipinski definition) is 7. The number of carbonyl (C=O) groups is 2. The molecule has 2 heterocycles. The molecule has 0 radical (unpaired) electrons. The first-order valence-corrected chi connectivity index (χ1v) is 8.65. The van der Waals surface area contributed by atoms with Crippen LogP contribution in [0, 0.1) is 0 Å². The molecule has 1 N–H and O–H groups in total. The van der Waals surface area contributed by atoms with Gasteiger partial charge in [0.2, 0.25) is 5.91 Å². The van der Waals surface area contributed by atoms with Crippen LogP contribution in [0.4, 0.5) is 4.79 Å². The Morgan fingerprint density at radius 3 is 2.77 bits per heavy atom. The summed E-state index contributed by atoms with van der Waals surface area (Å²) in [5.41, 5.74) is 3.91. The number of nitrogens with zero attached hydrogens (tertiary/aromatic N) is 1. The standard InChI is InChI=1S/C18H24N2O6/c1-18(2)24-12-15(26-18)14(10-16(21)20-8-9-23-17(20)22)19-25-11-13-6-4-3-5-7-13/h3-7,14-15,19H,8-12H2,1-2H3/t14-,15-/m1/s1. The molecule has 8 nitrogen and oxygen atoms in total. The van der Waals surface area contributed by atoms with Gasteiger partial charge >= 0.3 is 6.09 Å². The fourth-order valence-corrected chi connectivity index (χ4v) is 2.89. The first-order chi connectivity index (χ1) is 12.4. The number of cyclic esters (lactones) is 1. The van der Waals surface area contributed by atoms with Gasteiger partial charge in [-0.05, 0) is 19.4 Å². The minimum absolute atomic E-state index is 0.0357. The highest BCUT2D eigenvalue weighted by Crippen LogP contribution is 2.26. The second-order valence-electron chi connectivity index (χ2n) is 6.73. The van der Waals surface area contributed by atoms with Gasteiger partial charge in [-0.1, -0.05) is 30.3 Å². The van der Waals surface area contributed by atoms with Crippen molar-refractivity contribution in [1.29, 1.82) is 0 Å². The maximum Gasteiger partial charge on any atom is 0.416 e. The van der Waals surface area contributed by atoms with Gasteiger partial charge in [-0.3, -0.25) is 9.63 Å². The van der Waals surface area contributed by atoms with Crippen molar-refractivity contribution in [2.24, 2.45) is 0 Å². The molecule has 0 saturated carbocycles. The van der Waals surface area contributed by atoms with Gasteiger partial charge in [0.15, 0.2) is 5.79 Å².